The first-order valence-corrected chi connectivity index (χ1v) is 9.16. The molecule has 2 fully saturated rings. The van der Waals surface area contributed by atoms with Crippen molar-refractivity contribution < 1.29 is 4.74 Å². The van der Waals surface area contributed by atoms with Gasteiger partial charge in [0.05, 0.1) is 18.4 Å². The Morgan fingerprint density at radius 3 is 2.64 bits per heavy atom. The largest absolute Gasteiger partial charge is 0.372 e. The van der Waals surface area contributed by atoms with Crippen LogP contribution in [0.2, 0.25) is 0 Å². The number of rotatable bonds is 4. The van der Waals surface area contributed by atoms with E-state index in [9.17, 15) is 0 Å². The Kier molecular flexibility index (Phi) is 4.83. The SMILES string of the molecule is Cn1cc(CN2CCC3(CC2)CN(Cc2cccnc2)CCO3)cn1. The van der Waals surface area contributed by atoms with Crippen molar-refractivity contribution in [3.63, 3.8) is 0 Å². The molecular formula is C19H27N5O. The van der Waals surface area contributed by atoms with E-state index >= 15 is 0 Å². The lowest BCUT2D eigenvalue weighted by molar-refractivity contribution is -0.138. The van der Waals surface area contributed by atoms with Crippen LogP contribution in [0.25, 0.3) is 0 Å². The van der Waals surface area contributed by atoms with E-state index in [1.165, 1.54) is 11.1 Å². The normalized spacial score (nSPS) is 21.6. The van der Waals surface area contributed by atoms with Crippen molar-refractivity contribution in [3.8, 4) is 0 Å². The van der Waals surface area contributed by atoms with Crippen LogP contribution in [0.3, 0.4) is 0 Å². The molecule has 4 heterocycles. The number of likely N-dealkylation sites (tertiary alicyclic amines) is 1. The van der Waals surface area contributed by atoms with Crippen LogP contribution in [0.5, 0.6) is 0 Å². The highest BCUT2D eigenvalue weighted by Gasteiger charge is 2.39. The molecule has 2 aromatic heterocycles. The zero-order chi connectivity index (χ0) is 17.1. The second-order valence-corrected chi connectivity index (χ2v) is 7.40. The van der Waals surface area contributed by atoms with Gasteiger partial charge < -0.3 is 4.74 Å². The lowest BCUT2D eigenvalue weighted by Crippen LogP contribution is -2.56. The molecule has 25 heavy (non-hydrogen) atoms. The van der Waals surface area contributed by atoms with Gasteiger partial charge in [0.2, 0.25) is 0 Å². The highest BCUT2D eigenvalue weighted by atomic mass is 16.5. The van der Waals surface area contributed by atoms with Gasteiger partial charge in [-0.1, -0.05) is 6.07 Å². The molecule has 6 heteroatoms. The van der Waals surface area contributed by atoms with E-state index in [0.29, 0.717) is 0 Å². The molecule has 2 aromatic rings. The van der Waals surface area contributed by atoms with Crippen molar-refractivity contribution in [2.75, 3.05) is 32.8 Å². The van der Waals surface area contributed by atoms with Gasteiger partial charge in [0, 0.05) is 70.5 Å². The fraction of sp³-hybridized carbons (Fsp3) is 0.579. The minimum Gasteiger partial charge on any atom is -0.372 e. The van der Waals surface area contributed by atoms with E-state index in [-0.39, 0.29) is 5.60 Å². The monoisotopic (exact) mass is 341 g/mol. The Hall–Kier alpha value is -1.76. The molecule has 2 saturated heterocycles. The number of hydrogen-bond donors (Lipinski definition) is 0. The number of aromatic nitrogens is 3. The molecule has 0 atom stereocenters. The molecule has 134 valence electrons. The van der Waals surface area contributed by atoms with E-state index in [0.717, 1.165) is 58.7 Å². The molecule has 0 aromatic carbocycles. The average molecular weight is 341 g/mol. The lowest BCUT2D eigenvalue weighted by atomic mass is 9.89. The summed E-state index contributed by atoms with van der Waals surface area (Å²) < 4.78 is 8.15. The summed E-state index contributed by atoms with van der Waals surface area (Å²) in [5, 5.41) is 4.27. The van der Waals surface area contributed by atoms with Crippen LogP contribution in [0.4, 0.5) is 0 Å². The summed E-state index contributed by atoms with van der Waals surface area (Å²) >= 11 is 0. The minimum absolute atomic E-state index is 0.0336. The molecule has 4 rings (SSSR count). The number of nitrogens with zero attached hydrogens (tertiary/aromatic N) is 5. The third kappa shape index (κ3) is 4.08. The Balaban J connectivity index is 1.32. The molecule has 0 saturated carbocycles. The first kappa shape index (κ1) is 16.7. The first-order chi connectivity index (χ1) is 12.2. The van der Waals surface area contributed by atoms with Gasteiger partial charge in [-0.05, 0) is 24.5 Å². The Morgan fingerprint density at radius 2 is 1.92 bits per heavy atom. The van der Waals surface area contributed by atoms with E-state index < -0.39 is 0 Å². The second kappa shape index (κ2) is 7.23. The summed E-state index contributed by atoms with van der Waals surface area (Å²) in [5.41, 5.74) is 2.61. The zero-order valence-corrected chi connectivity index (χ0v) is 15.0. The highest BCUT2D eigenvalue weighted by molar-refractivity contribution is 5.09. The average Bonchev–Trinajstić information content (AvgIpc) is 3.03. The number of piperidine rings is 1. The molecule has 1 spiro atoms. The van der Waals surface area contributed by atoms with Gasteiger partial charge in [0.1, 0.15) is 0 Å². The smallest absolute Gasteiger partial charge is 0.0833 e. The third-order valence-corrected chi connectivity index (χ3v) is 5.39. The standard InChI is InChI=1S/C19H27N5O/c1-22-13-18(12-21-22)15-23-7-4-19(5-8-23)16-24(9-10-25-19)14-17-3-2-6-20-11-17/h2-3,6,11-13H,4-5,7-10,14-16H2,1H3. The van der Waals surface area contributed by atoms with Crippen LogP contribution in [0.1, 0.15) is 24.0 Å². The van der Waals surface area contributed by atoms with E-state index in [1.54, 1.807) is 0 Å². The Bertz CT molecular complexity index is 678. The maximum Gasteiger partial charge on any atom is 0.0833 e. The van der Waals surface area contributed by atoms with E-state index in [1.807, 2.05) is 36.4 Å². The lowest BCUT2D eigenvalue weighted by Gasteiger charge is -2.47. The van der Waals surface area contributed by atoms with Crippen LogP contribution in [0, 0.1) is 0 Å². The molecule has 0 N–H and O–H groups in total. The zero-order valence-electron chi connectivity index (χ0n) is 15.0. The molecule has 0 unspecified atom stereocenters. The summed E-state index contributed by atoms with van der Waals surface area (Å²) in [4.78, 5) is 9.28. The third-order valence-electron chi connectivity index (χ3n) is 5.39. The molecule has 0 bridgehead atoms. The van der Waals surface area contributed by atoms with Crippen molar-refractivity contribution in [2.45, 2.75) is 31.5 Å². The quantitative estimate of drug-likeness (QED) is 0.847. The van der Waals surface area contributed by atoms with Crippen LogP contribution < -0.4 is 0 Å². The van der Waals surface area contributed by atoms with Crippen molar-refractivity contribution in [2.24, 2.45) is 7.05 Å². The number of aryl methyl sites for hydroxylation is 1. The fourth-order valence-electron chi connectivity index (χ4n) is 4.04. The molecule has 0 amide bonds. The summed E-state index contributed by atoms with van der Waals surface area (Å²) in [5.74, 6) is 0. The topological polar surface area (TPSA) is 46.4 Å². The Labute approximate surface area is 149 Å². The maximum absolute atomic E-state index is 6.28. The minimum atomic E-state index is 0.0336. The fourth-order valence-corrected chi connectivity index (χ4v) is 4.04. The molecule has 6 nitrogen and oxygen atoms in total. The molecule has 2 aliphatic rings. The Morgan fingerprint density at radius 1 is 1.08 bits per heavy atom. The van der Waals surface area contributed by atoms with Crippen LogP contribution in [0.15, 0.2) is 36.9 Å². The number of morpholine rings is 1. The predicted octanol–water partition coefficient (Wildman–Crippen LogP) is 1.68. The van der Waals surface area contributed by atoms with Gasteiger partial charge in [-0.3, -0.25) is 19.5 Å². The summed E-state index contributed by atoms with van der Waals surface area (Å²) in [7, 11) is 1.97. The van der Waals surface area contributed by atoms with Crippen LogP contribution >= 0.6 is 0 Å². The van der Waals surface area contributed by atoms with Crippen molar-refractivity contribution >= 4 is 0 Å². The predicted molar refractivity (Wildman–Crippen MR) is 95.9 cm³/mol. The molecule has 2 aliphatic heterocycles. The summed E-state index contributed by atoms with van der Waals surface area (Å²) in [6, 6.07) is 4.17. The highest BCUT2D eigenvalue weighted by Crippen LogP contribution is 2.31. The van der Waals surface area contributed by atoms with Crippen LogP contribution in [-0.4, -0.2) is 63.0 Å². The molecule has 0 radical (unpaired) electrons. The van der Waals surface area contributed by atoms with Crippen molar-refractivity contribution in [1.29, 1.82) is 0 Å². The van der Waals surface area contributed by atoms with Gasteiger partial charge in [0.15, 0.2) is 0 Å². The molecular weight excluding hydrogens is 314 g/mol. The second-order valence-electron chi connectivity index (χ2n) is 7.40. The number of ether oxygens (including phenoxy) is 1. The molecule has 0 aliphatic carbocycles. The summed E-state index contributed by atoms with van der Waals surface area (Å²) in [6.07, 6.45) is 10.1. The van der Waals surface area contributed by atoms with Crippen LogP contribution in [-0.2, 0) is 24.9 Å². The van der Waals surface area contributed by atoms with E-state index in [4.69, 9.17) is 4.74 Å². The van der Waals surface area contributed by atoms with Gasteiger partial charge in [-0.2, -0.15) is 5.10 Å². The van der Waals surface area contributed by atoms with Gasteiger partial charge in [-0.15, -0.1) is 0 Å². The van der Waals surface area contributed by atoms with Crippen molar-refractivity contribution in [1.82, 2.24) is 24.6 Å². The van der Waals surface area contributed by atoms with Gasteiger partial charge >= 0.3 is 0 Å². The maximum atomic E-state index is 6.28. The first-order valence-electron chi connectivity index (χ1n) is 9.16. The van der Waals surface area contributed by atoms with Gasteiger partial charge in [-0.25, -0.2) is 0 Å². The van der Waals surface area contributed by atoms with Gasteiger partial charge in [0.25, 0.3) is 0 Å². The number of hydrogen-bond acceptors (Lipinski definition) is 5. The van der Waals surface area contributed by atoms with E-state index in [2.05, 4.69) is 32.1 Å². The number of pyridine rings is 1. The van der Waals surface area contributed by atoms with Crippen molar-refractivity contribution in [3.05, 3.63) is 48.0 Å². The summed E-state index contributed by atoms with van der Waals surface area (Å²) in [6.45, 7) is 7.02.